The molecule has 4 rings (SSSR count). The topological polar surface area (TPSA) is 62.5 Å². The summed E-state index contributed by atoms with van der Waals surface area (Å²) in [5.74, 6) is 0.852. The van der Waals surface area contributed by atoms with Crippen molar-refractivity contribution in [3.05, 3.63) is 76.0 Å². The maximum Gasteiger partial charge on any atom is 0.287 e. The number of pyridine rings is 1. The number of nitrogens with zero attached hydrogens (tertiary/aromatic N) is 4. The number of hydrogen-bond acceptors (Lipinski definition) is 5. The van der Waals surface area contributed by atoms with E-state index in [0.29, 0.717) is 0 Å². The van der Waals surface area contributed by atoms with Crippen LogP contribution in [-0.2, 0) is 6.54 Å². The normalized spacial score (nSPS) is 15.2. The van der Waals surface area contributed by atoms with Crippen LogP contribution < -0.4 is 4.90 Å². The van der Waals surface area contributed by atoms with Crippen LogP contribution >= 0.6 is 0 Å². The molecule has 1 fully saturated rings. The second-order valence-electron chi connectivity index (χ2n) is 6.99. The van der Waals surface area contributed by atoms with Gasteiger partial charge in [-0.2, -0.15) is 0 Å². The molecule has 1 aliphatic rings. The Labute approximate surface area is 158 Å². The quantitative estimate of drug-likeness (QED) is 0.522. The minimum Gasteiger partial charge on any atom is -0.354 e. The molecular formula is C21H22N4O2. The molecule has 6 nitrogen and oxygen atoms in total. The van der Waals surface area contributed by atoms with E-state index in [1.54, 1.807) is 6.07 Å². The lowest BCUT2D eigenvalue weighted by Crippen LogP contribution is -2.46. The van der Waals surface area contributed by atoms with Gasteiger partial charge in [0.05, 0.1) is 4.92 Å². The lowest BCUT2D eigenvalue weighted by atomic mass is 10.0. The zero-order valence-corrected chi connectivity index (χ0v) is 15.3. The van der Waals surface area contributed by atoms with Gasteiger partial charge in [0.15, 0.2) is 0 Å². The number of fused-ring (bicyclic) bond motifs is 1. The van der Waals surface area contributed by atoms with Gasteiger partial charge in [-0.25, -0.2) is 4.98 Å². The monoisotopic (exact) mass is 362 g/mol. The molecule has 0 saturated carbocycles. The highest BCUT2D eigenvalue weighted by atomic mass is 16.6. The Kier molecular flexibility index (Phi) is 4.73. The van der Waals surface area contributed by atoms with Gasteiger partial charge in [-0.1, -0.05) is 42.5 Å². The van der Waals surface area contributed by atoms with Crippen LogP contribution in [0.25, 0.3) is 10.8 Å². The fraction of sp³-hybridized carbons (Fsp3) is 0.286. The predicted octanol–water partition coefficient (Wildman–Crippen LogP) is 3.77. The molecule has 0 aliphatic carbocycles. The fourth-order valence-electron chi connectivity index (χ4n) is 3.77. The van der Waals surface area contributed by atoms with E-state index in [9.17, 15) is 10.1 Å². The predicted molar refractivity (Wildman–Crippen MR) is 107 cm³/mol. The maximum atomic E-state index is 10.9. The second-order valence-corrected chi connectivity index (χ2v) is 6.99. The lowest BCUT2D eigenvalue weighted by Gasteiger charge is -2.36. The standard InChI is InChI=1S/C21H22N4O2/c1-16-13-19(25(26)27)14-22-21(16)24-11-9-23(10-12-24)15-18-7-4-6-17-5-2-3-8-20(17)18/h2-8,13-14H,9-12,15H2,1H3. The molecule has 3 aromatic rings. The van der Waals surface area contributed by atoms with Crippen LogP contribution in [0.4, 0.5) is 11.5 Å². The van der Waals surface area contributed by atoms with Crippen LogP contribution in [0, 0.1) is 17.0 Å². The summed E-state index contributed by atoms with van der Waals surface area (Å²) in [5.41, 5.74) is 2.25. The Hall–Kier alpha value is -2.99. The van der Waals surface area contributed by atoms with Gasteiger partial charge in [-0.05, 0) is 28.8 Å². The average Bonchev–Trinajstić information content (AvgIpc) is 2.69. The first-order valence-corrected chi connectivity index (χ1v) is 9.17. The average molecular weight is 362 g/mol. The molecule has 0 amide bonds. The first-order valence-electron chi connectivity index (χ1n) is 9.17. The summed E-state index contributed by atoms with van der Waals surface area (Å²) < 4.78 is 0. The second kappa shape index (κ2) is 7.32. The summed E-state index contributed by atoms with van der Waals surface area (Å²) in [7, 11) is 0. The third-order valence-electron chi connectivity index (χ3n) is 5.19. The van der Waals surface area contributed by atoms with Crippen LogP contribution in [-0.4, -0.2) is 41.0 Å². The van der Waals surface area contributed by atoms with E-state index in [-0.39, 0.29) is 5.69 Å². The molecule has 1 aromatic heterocycles. The van der Waals surface area contributed by atoms with Crippen molar-refractivity contribution < 1.29 is 4.92 Å². The molecule has 0 bridgehead atoms. The minimum atomic E-state index is -0.397. The summed E-state index contributed by atoms with van der Waals surface area (Å²) in [6.07, 6.45) is 1.35. The number of rotatable bonds is 4. The van der Waals surface area contributed by atoms with Crippen molar-refractivity contribution in [1.82, 2.24) is 9.88 Å². The molecule has 2 aromatic carbocycles. The third-order valence-corrected chi connectivity index (χ3v) is 5.19. The molecule has 138 valence electrons. The van der Waals surface area contributed by atoms with Crippen molar-refractivity contribution in [1.29, 1.82) is 0 Å². The van der Waals surface area contributed by atoms with Crippen molar-refractivity contribution in [3.8, 4) is 0 Å². The van der Waals surface area contributed by atoms with E-state index in [0.717, 1.165) is 44.1 Å². The lowest BCUT2D eigenvalue weighted by molar-refractivity contribution is -0.385. The van der Waals surface area contributed by atoms with Crippen molar-refractivity contribution >= 4 is 22.3 Å². The van der Waals surface area contributed by atoms with Crippen LogP contribution in [0.5, 0.6) is 0 Å². The summed E-state index contributed by atoms with van der Waals surface area (Å²) >= 11 is 0. The number of anilines is 1. The van der Waals surface area contributed by atoms with Crippen LogP contribution in [0.2, 0.25) is 0 Å². The van der Waals surface area contributed by atoms with Gasteiger partial charge in [0.2, 0.25) is 0 Å². The number of aromatic nitrogens is 1. The van der Waals surface area contributed by atoms with E-state index in [1.807, 2.05) is 6.92 Å². The molecule has 1 saturated heterocycles. The number of aryl methyl sites for hydroxylation is 1. The fourth-order valence-corrected chi connectivity index (χ4v) is 3.77. The third kappa shape index (κ3) is 3.61. The van der Waals surface area contributed by atoms with E-state index < -0.39 is 4.92 Å². The van der Waals surface area contributed by atoms with Crippen LogP contribution in [0.1, 0.15) is 11.1 Å². The first kappa shape index (κ1) is 17.4. The van der Waals surface area contributed by atoms with Crippen molar-refractivity contribution in [2.75, 3.05) is 31.1 Å². The Morgan fingerprint density at radius 2 is 1.81 bits per heavy atom. The van der Waals surface area contributed by atoms with Gasteiger partial charge < -0.3 is 4.90 Å². The highest BCUT2D eigenvalue weighted by Crippen LogP contribution is 2.24. The number of hydrogen-bond donors (Lipinski definition) is 0. The van der Waals surface area contributed by atoms with Gasteiger partial charge in [-0.3, -0.25) is 15.0 Å². The van der Waals surface area contributed by atoms with Crippen molar-refractivity contribution in [2.24, 2.45) is 0 Å². The highest BCUT2D eigenvalue weighted by Gasteiger charge is 2.21. The van der Waals surface area contributed by atoms with Gasteiger partial charge in [-0.15, -0.1) is 0 Å². The smallest absolute Gasteiger partial charge is 0.287 e. The Bertz CT molecular complexity index is 976. The molecule has 2 heterocycles. The zero-order chi connectivity index (χ0) is 18.8. The molecule has 0 radical (unpaired) electrons. The maximum absolute atomic E-state index is 10.9. The highest BCUT2D eigenvalue weighted by molar-refractivity contribution is 5.85. The largest absolute Gasteiger partial charge is 0.354 e. The summed E-state index contributed by atoms with van der Waals surface area (Å²) in [6, 6.07) is 16.6. The summed E-state index contributed by atoms with van der Waals surface area (Å²) in [4.78, 5) is 19.5. The summed E-state index contributed by atoms with van der Waals surface area (Å²) in [6.45, 7) is 6.45. The van der Waals surface area contributed by atoms with E-state index in [4.69, 9.17) is 0 Å². The first-order chi connectivity index (χ1) is 13.1. The molecule has 6 heteroatoms. The molecule has 0 unspecified atom stereocenters. The van der Waals surface area contributed by atoms with E-state index in [2.05, 4.69) is 57.2 Å². The van der Waals surface area contributed by atoms with Gasteiger partial charge in [0.25, 0.3) is 5.69 Å². The Balaban J connectivity index is 1.44. The van der Waals surface area contributed by atoms with E-state index in [1.165, 1.54) is 22.5 Å². The number of piperazine rings is 1. The van der Waals surface area contributed by atoms with Gasteiger partial charge in [0.1, 0.15) is 12.0 Å². The summed E-state index contributed by atoms with van der Waals surface area (Å²) in [5, 5.41) is 13.5. The van der Waals surface area contributed by atoms with Gasteiger partial charge in [0, 0.05) is 38.8 Å². The molecule has 0 atom stereocenters. The molecular weight excluding hydrogens is 340 g/mol. The number of benzene rings is 2. The number of nitro groups is 1. The molecule has 27 heavy (non-hydrogen) atoms. The Morgan fingerprint density at radius 3 is 2.56 bits per heavy atom. The zero-order valence-electron chi connectivity index (χ0n) is 15.3. The Morgan fingerprint density at radius 1 is 1.07 bits per heavy atom. The minimum absolute atomic E-state index is 0.0471. The van der Waals surface area contributed by atoms with Crippen molar-refractivity contribution in [3.63, 3.8) is 0 Å². The molecule has 0 N–H and O–H groups in total. The van der Waals surface area contributed by atoms with Gasteiger partial charge >= 0.3 is 0 Å². The molecule has 1 aliphatic heterocycles. The molecule has 0 spiro atoms. The SMILES string of the molecule is Cc1cc([N+](=O)[O-])cnc1N1CCN(Cc2cccc3ccccc23)CC1. The van der Waals surface area contributed by atoms with Crippen LogP contribution in [0.15, 0.2) is 54.7 Å². The van der Waals surface area contributed by atoms with E-state index >= 15 is 0 Å². The van der Waals surface area contributed by atoms with Crippen LogP contribution in [0.3, 0.4) is 0 Å². The van der Waals surface area contributed by atoms with Crippen molar-refractivity contribution in [2.45, 2.75) is 13.5 Å².